The molecule has 1 saturated heterocycles. The maximum absolute atomic E-state index is 13.9. The second kappa shape index (κ2) is 5.67. The Bertz CT molecular complexity index is 408. The minimum absolute atomic E-state index is 0.199. The molecule has 1 aromatic rings. The lowest BCUT2D eigenvalue weighted by molar-refractivity contribution is -0.0161. The number of methoxy groups -OCH3 is 1. The minimum Gasteiger partial charge on any atom is -0.494 e. The maximum atomic E-state index is 13.9. The van der Waals surface area contributed by atoms with Gasteiger partial charge in [-0.25, -0.2) is 4.39 Å². The Morgan fingerprint density at radius 1 is 1.56 bits per heavy atom. The maximum Gasteiger partial charge on any atom is 0.168 e. The smallest absolute Gasteiger partial charge is 0.168 e. The average molecular weight is 254 g/mol. The molecular formula is C14H19FO3. The van der Waals surface area contributed by atoms with E-state index in [0.717, 1.165) is 6.42 Å². The van der Waals surface area contributed by atoms with Crippen molar-refractivity contribution in [2.75, 3.05) is 13.7 Å². The van der Waals surface area contributed by atoms with Gasteiger partial charge in [0, 0.05) is 13.0 Å². The van der Waals surface area contributed by atoms with Gasteiger partial charge in [-0.1, -0.05) is 19.1 Å². The molecule has 0 radical (unpaired) electrons. The van der Waals surface area contributed by atoms with E-state index in [1.807, 2.05) is 6.92 Å². The van der Waals surface area contributed by atoms with Crippen LogP contribution in [0.1, 0.15) is 18.9 Å². The molecule has 1 aliphatic rings. The summed E-state index contributed by atoms with van der Waals surface area (Å²) in [6, 6.07) is 4.96. The van der Waals surface area contributed by atoms with E-state index < -0.39 is 11.9 Å². The van der Waals surface area contributed by atoms with E-state index in [-0.39, 0.29) is 18.3 Å². The lowest BCUT2D eigenvalue weighted by Crippen LogP contribution is -2.32. The van der Waals surface area contributed by atoms with Gasteiger partial charge in [0.15, 0.2) is 11.6 Å². The van der Waals surface area contributed by atoms with Crippen LogP contribution in [0.5, 0.6) is 5.75 Å². The van der Waals surface area contributed by atoms with Crippen molar-refractivity contribution >= 4 is 0 Å². The largest absolute Gasteiger partial charge is 0.494 e. The molecule has 2 rings (SSSR count). The third kappa shape index (κ3) is 2.65. The fourth-order valence-electron chi connectivity index (χ4n) is 2.42. The van der Waals surface area contributed by atoms with Crippen LogP contribution in [0.2, 0.25) is 0 Å². The van der Waals surface area contributed by atoms with Gasteiger partial charge < -0.3 is 14.6 Å². The SMILES string of the molecule is COc1cccc(CC(O)C2OCCC2C)c1F. The van der Waals surface area contributed by atoms with Crippen LogP contribution >= 0.6 is 0 Å². The third-order valence-corrected chi connectivity index (χ3v) is 3.52. The second-order valence-electron chi connectivity index (χ2n) is 4.81. The molecule has 18 heavy (non-hydrogen) atoms. The van der Waals surface area contributed by atoms with Gasteiger partial charge in [-0.2, -0.15) is 0 Å². The van der Waals surface area contributed by atoms with E-state index in [2.05, 4.69) is 0 Å². The van der Waals surface area contributed by atoms with Gasteiger partial charge in [-0.3, -0.25) is 0 Å². The molecule has 1 heterocycles. The number of rotatable bonds is 4. The van der Waals surface area contributed by atoms with Crippen molar-refractivity contribution in [1.29, 1.82) is 0 Å². The summed E-state index contributed by atoms with van der Waals surface area (Å²) >= 11 is 0. The van der Waals surface area contributed by atoms with Crippen LogP contribution in [0.4, 0.5) is 4.39 Å². The van der Waals surface area contributed by atoms with Gasteiger partial charge in [-0.05, 0) is 24.0 Å². The van der Waals surface area contributed by atoms with Crippen LogP contribution in [0.15, 0.2) is 18.2 Å². The molecule has 1 N–H and O–H groups in total. The Kier molecular flexibility index (Phi) is 4.19. The fourth-order valence-corrected chi connectivity index (χ4v) is 2.42. The van der Waals surface area contributed by atoms with Gasteiger partial charge in [0.1, 0.15) is 0 Å². The molecule has 4 heteroatoms. The summed E-state index contributed by atoms with van der Waals surface area (Å²) in [5.74, 6) is 0.124. The van der Waals surface area contributed by atoms with Gasteiger partial charge in [0.2, 0.25) is 0 Å². The number of halogens is 1. The summed E-state index contributed by atoms with van der Waals surface area (Å²) in [7, 11) is 1.43. The molecule has 0 amide bonds. The van der Waals surface area contributed by atoms with Crippen LogP contribution in [-0.2, 0) is 11.2 Å². The standard InChI is InChI=1S/C14H19FO3/c1-9-6-7-18-14(9)11(16)8-10-4-3-5-12(17-2)13(10)15/h3-5,9,11,14,16H,6-8H2,1-2H3. The second-order valence-corrected chi connectivity index (χ2v) is 4.81. The molecular weight excluding hydrogens is 235 g/mol. The topological polar surface area (TPSA) is 38.7 Å². The molecule has 0 spiro atoms. The highest BCUT2D eigenvalue weighted by molar-refractivity contribution is 5.31. The van der Waals surface area contributed by atoms with Crippen LogP contribution < -0.4 is 4.74 Å². The molecule has 1 fully saturated rings. The van der Waals surface area contributed by atoms with Gasteiger partial charge in [-0.15, -0.1) is 0 Å². The normalized spacial score (nSPS) is 25.1. The van der Waals surface area contributed by atoms with E-state index in [0.29, 0.717) is 18.1 Å². The number of benzene rings is 1. The quantitative estimate of drug-likeness (QED) is 0.895. The highest BCUT2D eigenvalue weighted by Gasteiger charge is 2.31. The van der Waals surface area contributed by atoms with Crippen molar-refractivity contribution in [3.05, 3.63) is 29.6 Å². The summed E-state index contributed by atoms with van der Waals surface area (Å²) < 4.78 is 24.4. The average Bonchev–Trinajstić information content (AvgIpc) is 2.78. The van der Waals surface area contributed by atoms with Crippen LogP contribution in [-0.4, -0.2) is 31.0 Å². The van der Waals surface area contributed by atoms with Gasteiger partial charge in [0.05, 0.1) is 19.3 Å². The van der Waals surface area contributed by atoms with Gasteiger partial charge in [0.25, 0.3) is 0 Å². The Morgan fingerprint density at radius 3 is 2.94 bits per heavy atom. The Morgan fingerprint density at radius 2 is 2.33 bits per heavy atom. The zero-order valence-electron chi connectivity index (χ0n) is 10.7. The number of hydrogen-bond acceptors (Lipinski definition) is 3. The zero-order chi connectivity index (χ0) is 13.1. The Balaban J connectivity index is 2.09. The van der Waals surface area contributed by atoms with Crippen molar-refractivity contribution < 1.29 is 19.0 Å². The summed E-state index contributed by atoms with van der Waals surface area (Å²) in [5, 5.41) is 10.1. The lowest BCUT2D eigenvalue weighted by Gasteiger charge is -2.21. The molecule has 0 saturated carbocycles. The Labute approximate surface area is 107 Å². The highest BCUT2D eigenvalue weighted by Crippen LogP contribution is 2.27. The lowest BCUT2D eigenvalue weighted by atomic mass is 9.95. The monoisotopic (exact) mass is 254 g/mol. The van der Waals surface area contributed by atoms with Crippen molar-refractivity contribution in [3.63, 3.8) is 0 Å². The molecule has 1 aliphatic heterocycles. The zero-order valence-corrected chi connectivity index (χ0v) is 10.7. The summed E-state index contributed by atoms with van der Waals surface area (Å²) in [6.45, 7) is 2.71. The molecule has 0 aromatic heterocycles. The number of aliphatic hydroxyl groups excluding tert-OH is 1. The first-order valence-corrected chi connectivity index (χ1v) is 6.24. The summed E-state index contributed by atoms with van der Waals surface area (Å²) in [5.41, 5.74) is 0.463. The highest BCUT2D eigenvalue weighted by atomic mass is 19.1. The molecule has 3 nitrogen and oxygen atoms in total. The van der Waals surface area contributed by atoms with Crippen molar-refractivity contribution in [2.24, 2.45) is 5.92 Å². The van der Waals surface area contributed by atoms with E-state index in [9.17, 15) is 9.50 Å². The third-order valence-electron chi connectivity index (χ3n) is 3.52. The molecule has 3 atom stereocenters. The van der Waals surface area contributed by atoms with Crippen molar-refractivity contribution in [1.82, 2.24) is 0 Å². The van der Waals surface area contributed by atoms with Gasteiger partial charge >= 0.3 is 0 Å². The first-order valence-electron chi connectivity index (χ1n) is 6.24. The predicted octanol–water partition coefficient (Wildman–Crippen LogP) is 2.16. The molecule has 0 aliphatic carbocycles. The first-order chi connectivity index (χ1) is 8.63. The minimum atomic E-state index is -0.677. The first kappa shape index (κ1) is 13.3. The van der Waals surface area contributed by atoms with E-state index in [4.69, 9.17) is 9.47 Å². The number of ether oxygens (including phenoxy) is 2. The molecule has 100 valence electrons. The molecule has 0 bridgehead atoms. The summed E-state index contributed by atoms with van der Waals surface area (Å²) in [4.78, 5) is 0. The van der Waals surface area contributed by atoms with Crippen LogP contribution in [0.25, 0.3) is 0 Å². The summed E-state index contributed by atoms with van der Waals surface area (Å²) in [6.07, 6.45) is 0.320. The Hall–Kier alpha value is -1.13. The van der Waals surface area contributed by atoms with E-state index in [1.54, 1.807) is 18.2 Å². The van der Waals surface area contributed by atoms with Crippen molar-refractivity contribution in [2.45, 2.75) is 32.0 Å². The predicted molar refractivity (Wildman–Crippen MR) is 66.2 cm³/mol. The number of hydrogen-bond donors (Lipinski definition) is 1. The van der Waals surface area contributed by atoms with Crippen LogP contribution in [0.3, 0.4) is 0 Å². The molecule has 1 aromatic carbocycles. The van der Waals surface area contributed by atoms with E-state index >= 15 is 0 Å². The van der Waals surface area contributed by atoms with E-state index in [1.165, 1.54) is 7.11 Å². The van der Waals surface area contributed by atoms with Crippen LogP contribution in [0, 0.1) is 11.7 Å². The van der Waals surface area contributed by atoms with Crippen molar-refractivity contribution in [3.8, 4) is 5.75 Å². The fraction of sp³-hybridized carbons (Fsp3) is 0.571. The number of aliphatic hydroxyl groups is 1. The molecule has 3 unspecified atom stereocenters.